The fraction of sp³-hybridized carbons (Fsp3) is 0.269. The normalized spacial score (nSPS) is 15.8. The zero-order valence-corrected chi connectivity index (χ0v) is 20.9. The summed E-state index contributed by atoms with van der Waals surface area (Å²) in [5.41, 5.74) is 0.763. The molecule has 2 atom stereocenters. The largest absolute Gasteiger partial charge is 0.376 e. The molecule has 1 aromatic heterocycles. The number of hydrogen-bond donors (Lipinski definition) is 2. The molecule has 188 valence electrons. The van der Waals surface area contributed by atoms with Crippen molar-refractivity contribution < 1.29 is 23.5 Å². The van der Waals surface area contributed by atoms with Crippen LogP contribution in [0.1, 0.15) is 34.1 Å². The lowest BCUT2D eigenvalue weighted by molar-refractivity contribution is -0.126. The lowest BCUT2D eigenvalue weighted by Gasteiger charge is -2.32. The van der Waals surface area contributed by atoms with Crippen LogP contribution in [0.2, 0.25) is 5.02 Å². The van der Waals surface area contributed by atoms with Crippen LogP contribution in [0, 0.1) is 5.82 Å². The molecule has 0 saturated carbocycles. The summed E-state index contributed by atoms with van der Waals surface area (Å²) >= 11 is 7.28. The standard InChI is InChI=1S/C26H25ClFN3O4S/c27-20-14-18(10-11-21(20)28)31(23(32)16-30-25(33)22-9-5-13-36-22)24(17-6-2-1-3-7-17)26(34)29-15-19-8-4-12-35-19/h1-3,5-7,9-11,13-14,19,24H,4,8,12,15-16H2,(H,29,34)(H,30,33)/t19-,24-/m0/s1. The van der Waals surface area contributed by atoms with Crippen molar-refractivity contribution in [2.24, 2.45) is 0 Å². The molecule has 0 radical (unpaired) electrons. The summed E-state index contributed by atoms with van der Waals surface area (Å²) in [4.78, 5) is 41.3. The molecule has 36 heavy (non-hydrogen) atoms. The Morgan fingerprint density at radius 2 is 1.92 bits per heavy atom. The number of carbonyl (C=O) groups excluding carboxylic acids is 3. The first kappa shape index (κ1) is 25.8. The number of nitrogens with one attached hydrogen (secondary N) is 2. The minimum absolute atomic E-state index is 0.0973. The first-order chi connectivity index (χ1) is 17.4. The molecule has 0 unspecified atom stereocenters. The van der Waals surface area contributed by atoms with Gasteiger partial charge in [-0.15, -0.1) is 11.3 Å². The van der Waals surface area contributed by atoms with E-state index in [0.717, 1.165) is 18.9 Å². The van der Waals surface area contributed by atoms with Crippen molar-refractivity contribution in [1.82, 2.24) is 10.6 Å². The number of anilines is 1. The first-order valence-corrected chi connectivity index (χ1v) is 12.7. The Hall–Kier alpha value is -3.27. The van der Waals surface area contributed by atoms with Crippen LogP contribution in [-0.2, 0) is 14.3 Å². The van der Waals surface area contributed by atoms with E-state index in [1.807, 2.05) is 0 Å². The number of benzene rings is 2. The van der Waals surface area contributed by atoms with Gasteiger partial charge < -0.3 is 15.4 Å². The summed E-state index contributed by atoms with van der Waals surface area (Å²) in [7, 11) is 0. The number of carbonyl (C=O) groups is 3. The van der Waals surface area contributed by atoms with E-state index in [0.29, 0.717) is 23.6 Å². The molecule has 1 aliphatic heterocycles. The summed E-state index contributed by atoms with van der Waals surface area (Å²) in [5.74, 6) is -2.06. The van der Waals surface area contributed by atoms with Gasteiger partial charge in [0.05, 0.1) is 22.5 Å². The van der Waals surface area contributed by atoms with Crippen molar-refractivity contribution in [3.05, 3.63) is 87.3 Å². The molecule has 1 fully saturated rings. The average molecular weight is 530 g/mol. The van der Waals surface area contributed by atoms with Gasteiger partial charge in [-0.2, -0.15) is 0 Å². The highest BCUT2D eigenvalue weighted by Crippen LogP contribution is 2.31. The van der Waals surface area contributed by atoms with Crippen LogP contribution in [0.15, 0.2) is 66.0 Å². The van der Waals surface area contributed by atoms with Gasteiger partial charge in [-0.05, 0) is 48.1 Å². The van der Waals surface area contributed by atoms with Crippen LogP contribution in [0.5, 0.6) is 0 Å². The van der Waals surface area contributed by atoms with Gasteiger partial charge in [0.1, 0.15) is 11.9 Å². The smallest absolute Gasteiger partial charge is 0.261 e. The minimum Gasteiger partial charge on any atom is -0.376 e. The summed E-state index contributed by atoms with van der Waals surface area (Å²) in [6, 6.07) is 14.9. The third-order valence-corrected chi connectivity index (χ3v) is 6.90. The highest BCUT2D eigenvalue weighted by molar-refractivity contribution is 7.12. The average Bonchev–Trinajstić information content (AvgIpc) is 3.61. The van der Waals surface area contributed by atoms with Crippen LogP contribution in [0.3, 0.4) is 0 Å². The van der Waals surface area contributed by atoms with E-state index in [-0.39, 0.29) is 23.4 Å². The summed E-state index contributed by atoms with van der Waals surface area (Å²) in [5, 5.41) is 7.06. The fourth-order valence-electron chi connectivity index (χ4n) is 3.98. The maximum atomic E-state index is 14.0. The highest BCUT2D eigenvalue weighted by Gasteiger charge is 2.33. The van der Waals surface area contributed by atoms with Gasteiger partial charge in [-0.3, -0.25) is 19.3 Å². The van der Waals surface area contributed by atoms with Crippen LogP contribution in [-0.4, -0.2) is 43.5 Å². The highest BCUT2D eigenvalue weighted by atomic mass is 35.5. The molecule has 2 N–H and O–H groups in total. The lowest BCUT2D eigenvalue weighted by atomic mass is 10.0. The molecular formula is C26H25ClFN3O4S. The maximum Gasteiger partial charge on any atom is 0.261 e. The third-order valence-electron chi connectivity index (χ3n) is 5.74. The fourth-order valence-corrected chi connectivity index (χ4v) is 4.79. The molecule has 1 aliphatic rings. The molecule has 0 aliphatic carbocycles. The Labute approximate surface area is 217 Å². The second-order valence-electron chi connectivity index (χ2n) is 8.22. The number of amides is 3. The summed E-state index contributed by atoms with van der Waals surface area (Å²) in [6.45, 7) is 0.558. The van der Waals surface area contributed by atoms with E-state index in [4.69, 9.17) is 16.3 Å². The zero-order valence-electron chi connectivity index (χ0n) is 19.3. The number of rotatable bonds is 9. The van der Waals surface area contributed by atoms with E-state index in [9.17, 15) is 18.8 Å². The van der Waals surface area contributed by atoms with Crippen molar-refractivity contribution in [2.45, 2.75) is 25.0 Å². The maximum absolute atomic E-state index is 14.0. The minimum atomic E-state index is -1.10. The molecule has 4 rings (SSSR count). The predicted octanol–water partition coefficient (Wildman–Crippen LogP) is 4.34. The summed E-state index contributed by atoms with van der Waals surface area (Å²) in [6.07, 6.45) is 1.66. The van der Waals surface area contributed by atoms with Gasteiger partial charge in [-0.25, -0.2) is 4.39 Å². The molecule has 1 saturated heterocycles. The number of hydrogen-bond acceptors (Lipinski definition) is 5. The second-order valence-corrected chi connectivity index (χ2v) is 9.57. The van der Waals surface area contributed by atoms with Crippen LogP contribution in [0.4, 0.5) is 10.1 Å². The van der Waals surface area contributed by atoms with E-state index in [1.54, 1.807) is 47.8 Å². The molecule has 0 bridgehead atoms. The van der Waals surface area contributed by atoms with E-state index in [1.165, 1.54) is 28.4 Å². The Morgan fingerprint density at radius 1 is 1.11 bits per heavy atom. The second kappa shape index (κ2) is 12.1. The topological polar surface area (TPSA) is 87.7 Å². The van der Waals surface area contributed by atoms with Crippen molar-refractivity contribution >= 4 is 46.3 Å². The van der Waals surface area contributed by atoms with E-state index < -0.39 is 29.6 Å². The quantitative estimate of drug-likeness (QED) is 0.431. The van der Waals surface area contributed by atoms with Crippen molar-refractivity contribution in [1.29, 1.82) is 0 Å². The third kappa shape index (κ3) is 6.29. The van der Waals surface area contributed by atoms with E-state index in [2.05, 4.69) is 10.6 Å². The van der Waals surface area contributed by atoms with Crippen LogP contribution >= 0.6 is 22.9 Å². The number of halogens is 2. The molecule has 10 heteroatoms. The van der Waals surface area contributed by atoms with Gasteiger partial charge in [0, 0.05) is 18.8 Å². The lowest BCUT2D eigenvalue weighted by Crippen LogP contribution is -2.48. The SMILES string of the molecule is O=C(NCC(=O)N(c1ccc(F)c(Cl)c1)[C@H](C(=O)NC[C@@H]1CCCO1)c1ccccc1)c1cccs1. The van der Waals surface area contributed by atoms with Gasteiger partial charge in [0.2, 0.25) is 11.8 Å². The first-order valence-electron chi connectivity index (χ1n) is 11.5. The Bertz CT molecular complexity index is 1200. The number of thiophene rings is 1. The van der Waals surface area contributed by atoms with Crippen molar-refractivity contribution in [3.8, 4) is 0 Å². The Morgan fingerprint density at radius 3 is 2.58 bits per heavy atom. The molecule has 2 aromatic carbocycles. The molecule has 3 aromatic rings. The number of nitrogens with zero attached hydrogens (tertiary/aromatic N) is 1. The van der Waals surface area contributed by atoms with Crippen LogP contribution in [0.25, 0.3) is 0 Å². The molecule has 7 nitrogen and oxygen atoms in total. The van der Waals surface area contributed by atoms with Crippen LogP contribution < -0.4 is 15.5 Å². The number of ether oxygens (including phenoxy) is 1. The van der Waals surface area contributed by atoms with E-state index >= 15 is 0 Å². The molecule has 3 amide bonds. The van der Waals surface area contributed by atoms with Crippen molar-refractivity contribution in [2.75, 3.05) is 24.6 Å². The Kier molecular flexibility index (Phi) is 8.69. The van der Waals surface area contributed by atoms with Gasteiger partial charge in [0.25, 0.3) is 5.91 Å². The van der Waals surface area contributed by atoms with Crippen molar-refractivity contribution in [3.63, 3.8) is 0 Å². The zero-order chi connectivity index (χ0) is 25.5. The molecule has 2 heterocycles. The van der Waals surface area contributed by atoms with Gasteiger partial charge >= 0.3 is 0 Å². The predicted molar refractivity (Wildman–Crippen MR) is 137 cm³/mol. The van der Waals surface area contributed by atoms with Gasteiger partial charge in [0.15, 0.2) is 0 Å². The Balaban J connectivity index is 1.65. The summed E-state index contributed by atoms with van der Waals surface area (Å²) < 4.78 is 19.6. The van der Waals surface area contributed by atoms with Gasteiger partial charge in [-0.1, -0.05) is 48.0 Å². The monoisotopic (exact) mass is 529 g/mol. The molecule has 0 spiro atoms. The molecular weight excluding hydrogens is 505 g/mol.